The van der Waals surface area contributed by atoms with Crippen LogP contribution in [0.1, 0.15) is 29.5 Å². The van der Waals surface area contributed by atoms with Crippen molar-refractivity contribution in [1.29, 1.82) is 0 Å². The zero-order chi connectivity index (χ0) is 18.1. The maximum Gasteiger partial charge on any atom is 0.339 e. The Morgan fingerprint density at radius 2 is 2.00 bits per heavy atom. The molecule has 0 saturated carbocycles. The molecule has 1 aliphatic carbocycles. The Bertz CT molecular complexity index is 1010. The third-order valence-corrected chi connectivity index (χ3v) is 5.20. The molecular weight excluding hydrogens is 460 g/mol. The van der Waals surface area contributed by atoms with Gasteiger partial charge < -0.3 is 19.4 Å². The summed E-state index contributed by atoms with van der Waals surface area (Å²) in [6.07, 6.45) is 8.90. The van der Waals surface area contributed by atoms with Crippen molar-refractivity contribution < 1.29 is 9.52 Å². The quantitative estimate of drug-likeness (QED) is 0.404. The molecule has 0 aliphatic heterocycles. The number of phenols is 1. The number of nitrogens with zero attached hydrogens (tertiary/aromatic N) is 2. The van der Waals surface area contributed by atoms with E-state index in [1.54, 1.807) is 18.6 Å². The standard InChI is InChI=1S/C19H20ClN3O3.3ClH/c20-16-9-14-12-3-1-4-13(12)19(25)26-18(14)15(17(16)24)10-21-5-2-7-23-8-6-22-11-23;;;/h6,8-9,11,21,24H,1-5,7,10H2;3*1H. The van der Waals surface area contributed by atoms with Crippen LogP contribution in [0.4, 0.5) is 0 Å². The first-order chi connectivity index (χ1) is 12.6. The van der Waals surface area contributed by atoms with E-state index in [1.807, 2.05) is 10.8 Å². The molecule has 1 aliphatic rings. The molecule has 3 aromatic rings. The van der Waals surface area contributed by atoms with Gasteiger partial charge >= 0.3 is 5.63 Å². The Hall–Kier alpha value is -1.44. The molecular formula is C19H23Cl4N3O3. The van der Waals surface area contributed by atoms with E-state index in [4.69, 9.17) is 16.0 Å². The number of benzene rings is 1. The SMILES string of the molecule is Cl.Cl.Cl.O=c1oc2c(CNCCCn3ccnc3)c(O)c(Cl)cc2c2c1CCC2. The summed E-state index contributed by atoms with van der Waals surface area (Å²) in [6, 6.07) is 1.71. The van der Waals surface area contributed by atoms with Crippen molar-refractivity contribution in [3.05, 3.63) is 56.9 Å². The van der Waals surface area contributed by atoms with Gasteiger partial charge in [0.25, 0.3) is 0 Å². The Morgan fingerprint density at radius 1 is 1.24 bits per heavy atom. The zero-order valence-electron chi connectivity index (χ0n) is 15.5. The highest BCUT2D eigenvalue weighted by molar-refractivity contribution is 6.33. The highest BCUT2D eigenvalue weighted by atomic mass is 35.5. The topological polar surface area (TPSA) is 80.3 Å². The summed E-state index contributed by atoms with van der Waals surface area (Å²) >= 11 is 6.23. The van der Waals surface area contributed by atoms with E-state index < -0.39 is 0 Å². The second kappa shape index (κ2) is 11.1. The number of rotatable bonds is 6. The highest BCUT2D eigenvalue weighted by Crippen LogP contribution is 2.37. The van der Waals surface area contributed by atoms with Crippen molar-refractivity contribution >= 4 is 59.8 Å². The van der Waals surface area contributed by atoms with Gasteiger partial charge in [0.1, 0.15) is 11.3 Å². The van der Waals surface area contributed by atoms with Gasteiger partial charge in [0.05, 0.1) is 16.9 Å². The van der Waals surface area contributed by atoms with Crippen LogP contribution in [0.3, 0.4) is 0 Å². The molecule has 0 unspecified atom stereocenters. The molecule has 2 heterocycles. The molecule has 10 heteroatoms. The van der Waals surface area contributed by atoms with E-state index in [9.17, 15) is 9.90 Å². The van der Waals surface area contributed by atoms with Crippen LogP contribution in [-0.4, -0.2) is 21.2 Å². The van der Waals surface area contributed by atoms with Crippen LogP contribution < -0.4 is 10.9 Å². The maximum atomic E-state index is 12.3. The Labute approximate surface area is 191 Å². The van der Waals surface area contributed by atoms with Crippen molar-refractivity contribution in [3.8, 4) is 5.75 Å². The summed E-state index contributed by atoms with van der Waals surface area (Å²) in [5.41, 5.74) is 2.45. The minimum Gasteiger partial charge on any atom is -0.506 e. The molecule has 29 heavy (non-hydrogen) atoms. The minimum atomic E-state index is -0.298. The number of fused-ring (bicyclic) bond motifs is 3. The van der Waals surface area contributed by atoms with Crippen molar-refractivity contribution in [2.24, 2.45) is 0 Å². The smallest absolute Gasteiger partial charge is 0.339 e. The molecule has 0 atom stereocenters. The monoisotopic (exact) mass is 481 g/mol. The van der Waals surface area contributed by atoms with Gasteiger partial charge in [-0.05, 0) is 43.9 Å². The lowest BCUT2D eigenvalue weighted by Gasteiger charge is -2.13. The van der Waals surface area contributed by atoms with Crippen molar-refractivity contribution in [3.63, 3.8) is 0 Å². The van der Waals surface area contributed by atoms with E-state index in [0.717, 1.165) is 55.3 Å². The summed E-state index contributed by atoms with van der Waals surface area (Å²) in [4.78, 5) is 16.3. The van der Waals surface area contributed by atoms with Crippen LogP contribution in [0.15, 0.2) is 34.0 Å². The van der Waals surface area contributed by atoms with Crippen molar-refractivity contribution in [2.45, 2.75) is 38.8 Å². The third kappa shape index (κ3) is 5.19. The molecule has 1 aromatic carbocycles. The number of imidazole rings is 1. The van der Waals surface area contributed by atoms with E-state index in [1.165, 1.54) is 0 Å². The van der Waals surface area contributed by atoms with E-state index in [2.05, 4.69) is 10.3 Å². The molecule has 0 saturated heterocycles. The second-order valence-electron chi connectivity index (χ2n) is 6.59. The second-order valence-corrected chi connectivity index (χ2v) is 7.00. The number of aromatic hydroxyl groups is 1. The van der Waals surface area contributed by atoms with Gasteiger partial charge in [0, 0.05) is 36.4 Å². The van der Waals surface area contributed by atoms with Gasteiger partial charge in [0.2, 0.25) is 0 Å². The first kappa shape index (κ1) is 25.6. The third-order valence-electron chi connectivity index (χ3n) is 4.92. The predicted octanol–water partition coefficient (Wildman–Crippen LogP) is 4.28. The van der Waals surface area contributed by atoms with Gasteiger partial charge in [-0.1, -0.05) is 11.6 Å². The molecule has 2 aromatic heterocycles. The van der Waals surface area contributed by atoms with Crippen LogP contribution >= 0.6 is 48.8 Å². The van der Waals surface area contributed by atoms with Crippen LogP contribution in [-0.2, 0) is 25.9 Å². The summed E-state index contributed by atoms with van der Waals surface area (Å²) in [6.45, 7) is 1.99. The number of aryl methyl sites for hydroxylation is 2. The molecule has 2 N–H and O–H groups in total. The first-order valence-corrected chi connectivity index (χ1v) is 9.18. The summed E-state index contributed by atoms with van der Waals surface area (Å²) in [5, 5.41) is 14.8. The fourth-order valence-corrected chi connectivity index (χ4v) is 3.84. The molecule has 0 bridgehead atoms. The number of hydrogen-bond acceptors (Lipinski definition) is 5. The maximum absolute atomic E-state index is 12.3. The first-order valence-electron chi connectivity index (χ1n) is 8.80. The number of phenolic OH excluding ortho intramolecular Hbond substituents is 1. The van der Waals surface area contributed by atoms with Crippen molar-refractivity contribution in [2.75, 3.05) is 6.54 Å². The van der Waals surface area contributed by atoms with E-state index in [0.29, 0.717) is 17.7 Å². The lowest BCUT2D eigenvalue weighted by Crippen LogP contribution is -2.17. The number of nitrogens with one attached hydrogen (secondary N) is 1. The molecule has 4 rings (SSSR count). The molecule has 0 spiro atoms. The average molecular weight is 483 g/mol. The molecule has 6 nitrogen and oxygen atoms in total. The largest absolute Gasteiger partial charge is 0.506 e. The Morgan fingerprint density at radius 3 is 2.72 bits per heavy atom. The van der Waals surface area contributed by atoms with Crippen LogP contribution in [0.25, 0.3) is 11.0 Å². The number of aromatic nitrogens is 2. The number of hydrogen-bond donors (Lipinski definition) is 2. The highest BCUT2D eigenvalue weighted by Gasteiger charge is 2.23. The molecule has 160 valence electrons. The van der Waals surface area contributed by atoms with E-state index >= 15 is 0 Å². The van der Waals surface area contributed by atoms with Gasteiger partial charge in [-0.3, -0.25) is 0 Å². The summed E-state index contributed by atoms with van der Waals surface area (Å²) in [5.74, 6) is -0.0256. The number of halogens is 4. The summed E-state index contributed by atoms with van der Waals surface area (Å²) < 4.78 is 7.57. The predicted molar refractivity (Wildman–Crippen MR) is 121 cm³/mol. The Kier molecular flexibility index (Phi) is 9.79. The van der Waals surface area contributed by atoms with Gasteiger partial charge in [-0.15, -0.1) is 37.2 Å². The van der Waals surface area contributed by atoms with Crippen molar-refractivity contribution in [1.82, 2.24) is 14.9 Å². The van der Waals surface area contributed by atoms with Crippen LogP contribution in [0, 0.1) is 0 Å². The average Bonchev–Trinajstić information content (AvgIpc) is 3.31. The minimum absolute atomic E-state index is 0. The lowest BCUT2D eigenvalue weighted by atomic mass is 10.0. The van der Waals surface area contributed by atoms with Gasteiger partial charge in [-0.25, -0.2) is 9.78 Å². The van der Waals surface area contributed by atoms with Crippen LogP contribution in [0.5, 0.6) is 5.75 Å². The molecule has 0 amide bonds. The fourth-order valence-electron chi connectivity index (χ4n) is 3.62. The lowest BCUT2D eigenvalue weighted by molar-refractivity contribution is 0.459. The summed E-state index contributed by atoms with van der Waals surface area (Å²) in [7, 11) is 0. The van der Waals surface area contributed by atoms with E-state index in [-0.39, 0.29) is 53.6 Å². The van der Waals surface area contributed by atoms with Gasteiger partial charge in [-0.2, -0.15) is 0 Å². The normalized spacial score (nSPS) is 12.0. The molecule has 0 fully saturated rings. The molecule has 0 radical (unpaired) electrons. The van der Waals surface area contributed by atoms with Gasteiger partial charge in [0.15, 0.2) is 0 Å². The van der Waals surface area contributed by atoms with Crippen LogP contribution in [0.2, 0.25) is 5.02 Å². The zero-order valence-corrected chi connectivity index (χ0v) is 18.7. The Balaban J connectivity index is 0.00000140. The fraction of sp³-hybridized carbons (Fsp3) is 0.368.